The fourth-order valence-corrected chi connectivity index (χ4v) is 5.83. The zero-order valence-electron chi connectivity index (χ0n) is 20.3. The molecule has 0 atom stereocenters. The topological polar surface area (TPSA) is 74.6 Å². The number of fused-ring (bicyclic) bond motifs is 3. The second-order valence-corrected chi connectivity index (χ2v) is 10.9. The Morgan fingerprint density at radius 1 is 1.11 bits per heavy atom. The summed E-state index contributed by atoms with van der Waals surface area (Å²) in [4.78, 5) is 20.4. The van der Waals surface area contributed by atoms with E-state index in [9.17, 15) is 9.18 Å². The smallest absolute Gasteiger partial charge is 0.251 e. The molecule has 3 heterocycles. The van der Waals surface area contributed by atoms with Gasteiger partial charge in [0.15, 0.2) is 5.82 Å². The van der Waals surface area contributed by atoms with Crippen molar-refractivity contribution in [1.29, 1.82) is 0 Å². The fraction of sp³-hybridized carbons (Fsp3) is 0.444. The number of halogens is 1. The lowest BCUT2D eigenvalue weighted by Gasteiger charge is -2.26. The van der Waals surface area contributed by atoms with Gasteiger partial charge in [-0.3, -0.25) is 4.79 Å². The van der Waals surface area contributed by atoms with Crippen molar-refractivity contribution in [1.82, 2.24) is 30.1 Å². The minimum absolute atomic E-state index is 0.0615. The van der Waals surface area contributed by atoms with E-state index in [4.69, 9.17) is 0 Å². The Morgan fingerprint density at radius 2 is 1.97 bits per heavy atom. The van der Waals surface area contributed by atoms with E-state index >= 15 is 0 Å². The predicted molar refractivity (Wildman–Crippen MR) is 141 cm³/mol. The number of likely N-dealkylation sites (tertiary alicyclic amines) is 1. The third kappa shape index (κ3) is 5.14. The summed E-state index contributed by atoms with van der Waals surface area (Å²) in [6.45, 7) is 4.74. The average molecular weight is 507 g/mol. The summed E-state index contributed by atoms with van der Waals surface area (Å²) in [6.07, 6.45) is 7.27. The number of piperidine rings is 1. The highest BCUT2D eigenvalue weighted by Crippen LogP contribution is 2.29. The Labute approximate surface area is 213 Å². The van der Waals surface area contributed by atoms with Gasteiger partial charge in [0, 0.05) is 24.7 Å². The van der Waals surface area contributed by atoms with Gasteiger partial charge in [-0.15, -0.1) is 5.10 Å². The second kappa shape index (κ2) is 10.2. The SMILES string of the molecule is O=C(NCCCN1CCCCC1)c1ccc2c(c1)sc1nc(-c3ccc(CNC4CC4)cc3F)nn12. The molecule has 9 heteroatoms. The van der Waals surface area contributed by atoms with E-state index in [0.29, 0.717) is 41.0 Å². The predicted octanol–water partition coefficient (Wildman–Crippen LogP) is 4.61. The third-order valence-corrected chi connectivity index (χ3v) is 8.05. The van der Waals surface area contributed by atoms with Gasteiger partial charge in [-0.1, -0.05) is 23.8 Å². The van der Waals surface area contributed by atoms with Crippen molar-refractivity contribution in [2.24, 2.45) is 0 Å². The van der Waals surface area contributed by atoms with Crippen molar-refractivity contribution in [2.75, 3.05) is 26.2 Å². The molecule has 0 unspecified atom stereocenters. The highest BCUT2D eigenvalue weighted by molar-refractivity contribution is 7.23. The minimum atomic E-state index is -0.313. The van der Waals surface area contributed by atoms with E-state index in [1.165, 1.54) is 56.5 Å². The van der Waals surface area contributed by atoms with Gasteiger partial charge in [-0.05, 0) is 87.6 Å². The molecule has 188 valence electrons. The van der Waals surface area contributed by atoms with E-state index in [2.05, 4.69) is 25.6 Å². The van der Waals surface area contributed by atoms with Crippen molar-refractivity contribution in [2.45, 2.75) is 51.1 Å². The monoisotopic (exact) mass is 506 g/mol. The maximum absolute atomic E-state index is 14.8. The Kier molecular flexibility index (Phi) is 6.69. The Balaban J connectivity index is 1.12. The van der Waals surface area contributed by atoms with Crippen LogP contribution in [0.2, 0.25) is 0 Å². The van der Waals surface area contributed by atoms with Crippen molar-refractivity contribution in [3.05, 3.63) is 53.3 Å². The largest absolute Gasteiger partial charge is 0.352 e. The summed E-state index contributed by atoms with van der Waals surface area (Å²) >= 11 is 1.45. The number of nitrogens with zero attached hydrogens (tertiary/aromatic N) is 4. The van der Waals surface area contributed by atoms with Crippen LogP contribution in [-0.4, -0.2) is 57.6 Å². The third-order valence-electron chi connectivity index (χ3n) is 7.06. The quantitative estimate of drug-likeness (QED) is 0.325. The molecule has 1 aliphatic heterocycles. The standard InChI is InChI=1S/C27H31FN6OS/c28-22-15-18(17-30-20-7-8-20)5-9-21(22)25-31-27-34(32-25)23-10-6-19(16-24(23)36-27)26(35)29-11-4-14-33-12-2-1-3-13-33/h5-6,9-10,15-16,20,30H,1-4,7-8,11-14,17H2,(H,29,35). The number of carbonyl (C=O) groups is 1. The molecule has 4 aromatic rings. The summed E-state index contributed by atoms with van der Waals surface area (Å²) in [5, 5.41) is 11.0. The van der Waals surface area contributed by atoms with Crippen LogP contribution in [0, 0.1) is 5.82 Å². The van der Waals surface area contributed by atoms with Crippen LogP contribution in [0.5, 0.6) is 0 Å². The number of hydrogen-bond acceptors (Lipinski definition) is 6. The Bertz CT molecular complexity index is 1390. The lowest BCUT2D eigenvalue weighted by Crippen LogP contribution is -2.33. The highest BCUT2D eigenvalue weighted by Gasteiger charge is 2.21. The Hall–Kier alpha value is -2.88. The van der Waals surface area contributed by atoms with Crippen molar-refractivity contribution < 1.29 is 9.18 Å². The van der Waals surface area contributed by atoms with Crippen molar-refractivity contribution in [3.63, 3.8) is 0 Å². The minimum Gasteiger partial charge on any atom is -0.352 e. The summed E-state index contributed by atoms with van der Waals surface area (Å²) in [5.41, 5.74) is 2.81. The van der Waals surface area contributed by atoms with Gasteiger partial charge in [0.25, 0.3) is 5.91 Å². The molecule has 1 amide bonds. The first-order valence-corrected chi connectivity index (χ1v) is 13.8. The molecule has 2 fully saturated rings. The van der Waals surface area contributed by atoms with Gasteiger partial charge in [0.05, 0.1) is 15.8 Å². The van der Waals surface area contributed by atoms with Crippen LogP contribution in [-0.2, 0) is 6.54 Å². The van der Waals surface area contributed by atoms with Crippen molar-refractivity contribution in [3.8, 4) is 11.4 Å². The molecule has 1 saturated carbocycles. The molecule has 1 saturated heterocycles. The first kappa shape index (κ1) is 23.5. The average Bonchev–Trinajstić information content (AvgIpc) is 3.54. The molecule has 2 aliphatic rings. The maximum Gasteiger partial charge on any atom is 0.251 e. The molecular weight excluding hydrogens is 475 g/mol. The van der Waals surface area contributed by atoms with Crippen LogP contribution in [0.25, 0.3) is 26.6 Å². The lowest BCUT2D eigenvalue weighted by atomic mass is 10.1. The van der Waals surface area contributed by atoms with Crippen LogP contribution in [0.1, 0.15) is 54.4 Å². The number of carbonyl (C=O) groups excluding carboxylic acids is 1. The zero-order chi connectivity index (χ0) is 24.5. The first-order chi connectivity index (χ1) is 17.6. The van der Waals surface area contributed by atoms with E-state index < -0.39 is 0 Å². The van der Waals surface area contributed by atoms with Gasteiger partial charge in [0.2, 0.25) is 4.96 Å². The number of nitrogens with one attached hydrogen (secondary N) is 2. The van der Waals surface area contributed by atoms with Crippen LogP contribution in [0.4, 0.5) is 4.39 Å². The maximum atomic E-state index is 14.8. The van der Waals surface area contributed by atoms with Crippen molar-refractivity contribution >= 4 is 32.4 Å². The first-order valence-electron chi connectivity index (χ1n) is 13.0. The fourth-order valence-electron chi connectivity index (χ4n) is 4.83. The number of rotatable bonds is 9. The number of hydrogen-bond donors (Lipinski definition) is 2. The number of amides is 1. The number of thiazole rings is 1. The molecule has 1 aliphatic carbocycles. The van der Waals surface area contributed by atoms with Crippen LogP contribution in [0.15, 0.2) is 36.4 Å². The zero-order valence-corrected chi connectivity index (χ0v) is 21.1. The van der Waals surface area contributed by atoms with Gasteiger partial charge < -0.3 is 15.5 Å². The molecule has 36 heavy (non-hydrogen) atoms. The van der Waals surface area contributed by atoms with Gasteiger partial charge in [-0.2, -0.15) is 4.98 Å². The van der Waals surface area contributed by atoms with Gasteiger partial charge in [0.1, 0.15) is 5.82 Å². The summed E-state index contributed by atoms with van der Waals surface area (Å²) < 4.78 is 17.5. The molecule has 2 aromatic heterocycles. The summed E-state index contributed by atoms with van der Waals surface area (Å²) in [5.74, 6) is -0.00153. The van der Waals surface area contributed by atoms with Crippen LogP contribution < -0.4 is 10.6 Å². The van der Waals surface area contributed by atoms with E-state index in [1.54, 1.807) is 16.6 Å². The lowest BCUT2D eigenvalue weighted by molar-refractivity contribution is 0.0951. The molecule has 6 rings (SSSR count). The molecule has 0 bridgehead atoms. The number of benzene rings is 2. The molecule has 2 N–H and O–H groups in total. The van der Waals surface area contributed by atoms with E-state index in [0.717, 1.165) is 28.7 Å². The second-order valence-electron chi connectivity index (χ2n) is 9.90. The Morgan fingerprint density at radius 3 is 2.78 bits per heavy atom. The summed E-state index contributed by atoms with van der Waals surface area (Å²) in [6, 6.07) is 11.4. The molecule has 0 spiro atoms. The van der Waals surface area contributed by atoms with E-state index in [-0.39, 0.29) is 11.7 Å². The van der Waals surface area contributed by atoms with E-state index in [1.807, 2.05) is 24.3 Å². The molecule has 2 aromatic carbocycles. The van der Waals surface area contributed by atoms with Gasteiger partial charge >= 0.3 is 0 Å². The van der Waals surface area contributed by atoms with Crippen LogP contribution in [0.3, 0.4) is 0 Å². The van der Waals surface area contributed by atoms with Crippen LogP contribution >= 0.6 is 11.3 Å². The summed E-state index contributed by atoms with van der Waals surface area (Å²) in [7, 11) is 0. The normalized spacial score (nSPS) is 16.7. The number of aromatic nitrogens is 3. The molecule has 7 nitrogen and oxygen atoms in total. The highest BCUT2D eigenvalue weighted by atomic mass is 32.1. The van der Waals surface area contributed by atoms with Gasteiger partial charge in [-0.25, -0.2) is 8.91 Å². The molecule has 0 radical (unpaired) electrons. The molecular formula is C27H31FN6OS.